The smallest absolute Gasteiger partial charge is 0.303 e. The summed E-state index contributed by atoms with van der Waals surface area (Å²) >= 11 is 0. The van der Waals surface area contributed by atoms with Crippen molar-refractivity contribution in [2.45, 2.75) is 70.4 Å². The molecule has 1 amide bonds. The molecule has 6 nitrogen and oxygen atoms in total. The molecule has 1 aromatic carbocycles. The maximum Gasteiger partial charge on any atom is 0.303 e. The fourth-order valence-corrected chi connectivity index (χ4v) is 3.41. The first-order chi connectivity index (χ1) is 12.6. The average Bonchev–Trinajstić information content (AvgIpc) is 3.02. The number of carboxylic acids is 1. The summed E-state index contributed by atoms with van der Waals surface area (Å²) in [4.78, 5) is 22.7. The Labute approximate surface area is 155 Å². The molecule has 0 bridgehead atoms. The Morgan fingerprint density at radius 1 is 1.04 bits per heavy atom. The topological polar surface area (TPSA) is 86.9 Å². The van der Waals surface area contributed by atoms with E-state index in [1.807, 2.05) is 35.3 Å². The van der Waals surface area contributed by atoms with Crippen LogP contribution in [0.15, 0.2) is 30.3 Å². The van der Waals surface area contributed by atoms with Crippen LogP contribution in [-0.4, -0.2) is 34.7 Å². The van der Waals surface area contributed by atoms with E-state index in [2.05, 4.69) is 0 Å². The lowest BCUT2D eigenvalue weighted by Gasteiger charge is -2.34. The number of unbranched alkanes of at least 4 members (excludes halogenated alkanes) is 6. The molecule has 1 aromatic rings. The molecule has 6 heteroatoms. The first kappa shape index (κ1) is 20.2. The summed E-state index contributed by atoms with van der Waals surface area (Å²) in [5, 5.41) is 12.3. The second kappa shape index (κ2) is 10.8. The molecule has 3 N–H and O–H groups in total. The van der Waals surface area contributed by atoms with E-state index in [9.17, 15) is 9.59 Å². The van der Waals surface area contributed by atoms with Gasteiger partial charge in [0, 0.05) is 19.4 Å². The number of hydrogen-bond donors (Lipinski definition) is 2. The van der Waals surface area contributed by atoms with E-state index in [-0.39, 0.29) is 18.5 Å². The number of hydrogen-bond acceptors (Lipinski definition) is 4. The van der Waals surface area contributed by atoms with E-state index >= 15 is 0 Å². The van der Waals surface area contributed by atoms with E-state index in [0.29, 0.717) is 13.0 Å². The summed E-state index contributed by atoms with van der Waals surface area (Å²) in [5.41, 5.74) is 7.32. The minimum atomic E-state index is -0.708. The van der Waals surface area contributed by atoms with Crippen LogP contribution in [0.5, 0.6) is 0 Å². The highest BCUT2D eigenvalue weighted by Gasteiger charge is 2.32. The summed E-state index contributed by atoms with van der Waals surface area (Å²) in [6.07, 6.45) is 8.52. The number of para-hydroxylation sites is 1. The Morgan fingerprint density at radius 2 is 1.65 bits per heavy atom. The molecule has 2 rings (SSSR count). The zero-order chi connectivity index (χ0) is 18.8. The quantitative estimate of drug-likeness (QED) is 0.556. The number of rotatable bonds is 12. The van der Waals surface area contributed by atoms with Crippen LogP contribution in [0.2, 0.25) is 0 Å². The molecule has 1 heterocycles. The van der Waals surface area contributed by atoms with Crippen LogP contribution in [0.1, 0.15) is 64.2 Å². The first-order valence-corrected chi connectivity index (χ1v) is 9.71. The van der Waals surface area contributed by atoms with Crippen molar-refractivity contribution in [1.29, 1.82) is 0 Å². The lowest BCUT2D eigenvalue weighted by atomic mass is 10.1. The molecule has 0 aromatic heterocycles. The zero-order valence-electron chi connectivity index (χ0n) is 15.5. The van der Waals surface area contributed by atoms with Gasteiger partial charge in [0.05, 0.1) is 5.69 Å². The highest BCUT2D eigenvalue weighted by Crippen LogP contribution is 2.24. The predicted octanol–water partition coefficient (Wildman–Crippen LogP) is 3.52. The minimum absolute atomic E-state index is 0.0970. The maximum atomic E-state index is 12.2. The highest BCUT2D eigenvalue weighted by atomic mass is 16.4. The SMILES string of the molecule is NC(CCCCCCCCCC(=O)O)N1C(=O)CCN1c1ccccc1. The predicted molar refractivity (Wildman–Crippen MR) is 102 cm³/mol. The Bertz CT molecular complexity index is 565. The summed E-state index contributed by atoms with van der Waals surface area (Å²) in [5.74, 6) is -0.611. The number of nitrogens with zero attached hydrogens (tertiary/aromatic N) is 2. The molecule has 1 unspecified atom stereocenters. The van der Waals surface area contributed by atoms with Gasteiger partial charge in [0.1, 0.15) is 6.17 Å². The van der Waals surface area contributed by atoms with Gasteiger partial charge in [-0.25, -0.2) is 5.01 Å². The van der Waals surface area contributed by atoms with Crippen LogP contribution in [0.3, 0.4) is 0 Å². The van der Waals surface area contributed by atoms with Gasteiger partial charge in [-0.2, -0.15) is 0 Å². The fourth-order valence-electron chi connectivity index (χ4n) is 3.41. The number of carbonyl (C=O) groups excluding carboxylic acids is 1. The maximum absolute atomic E-state index is 12.2. The van der Waals surface area contributed by atoms with Crippen molar-refractivity contribution in [2.75, 3.05) is 11.6 Å². The fraction of sp³-hybridized carbons (Fsp3) is 0.600. The van der Waals surface area contributed by atoms with Crippen LogP contribution in [-0.2, 0) is 9.59 Å². The molecular weight excluding hydrogens is 330 g/mol. The standard InChI is InChI=1S/C20H31N3O3/c21-18(13-9-4-2-1-3-5-10-14-20(25)26)23-19(24)15-16-22(23)17-11-7-6-8-12-17/h6-8,11-12,18H,1-5,9-10,13-16,21H2,(H,25,26). The monoisotopic (exact) mass is 361 g/mol. The number of aliphatic carboxylic acids is 1. The molecule has 1 atom stereocenters. The van der Waals surface area contributed by atoms with Crippen LogP contribution in [0, 0.1) is 0 Å². The van der Waals surface area contributed by atoms with Crippen molar-refractivity contribution in [2.24, 2.45) is 5.73 Å². The second-order valence-electron chi connectivity index (χ2n) is 6.92. The summed E-state index contributed by atoms with van der Waals surface area (Å²) in [6, 6.07) is 9.91. The third-order valence-electron chi connectivity index (χ3n) is 4.81. The van der Waals surface area contributed by atoms with E-state index in [1.54, 1.807) is 5.01 Å². The summed E-state index contributed by atoms with van der Waals surface area (Å²) in [7, 11) is 0. The van der Waals surface area contributed by atoms with E-state index in [0.717, 1.165) is 57.1 Å². The molecule has 1 saturated heterocycles. The Hall–Kier alpha value is -2.08. The van der Waals surface area contributed by atoms with Crippen LogP contribution >= 0.6 is 0 Å². The normalized spacial score (nSPS) is 15.5. The molecule has 1 aliphatic rings. The Morgan fingerprint density at radius 3 is 2.31 bits per heavy atom. The number of carboxylic acid groups (broad SMARTS) is 1. The van der Waals surface area contributed by atoms with Crippen molar-refractivity contribution in [3.05, 3.63) is 30.3 Å². The van der Waals surface area contributed by atoms with E-state index < -0.39 is 5.97 Å². The number of nitrogens with two attached hydrogens (primary N) is 1. The number of anilines is 1. The van der Waals surface area contributed by atoms with Gasteiger partial charge in [0.25, 0.3) is 0 Å². The molecule has 144 valence electrons. The van der Waals surface area contributed by atoms with Gasteiger partial charge in [0.2, 0.25) is 5.91 Å². The van der Waals surface area contributed by atoms with Gasteiger partial charge in [-0.1, -0.05) is 50.3 Å². The summed E-state index contributed by atoms with van der Waals surface area (Å²) in [6.45, 7) is 0.687. The lowest BCUT2D eigenvalue weighted by molar-refractivity contribution is -0.137. The van der Waals surface area contributed by atoms with Gasteiger partial charge >= 0.3 is 5.97 Å². The van der Waals surface area contributed by atoms with Crippen molar-refractivity contribution < 1.29 is 14.7 Å². The number of carbonyl (C=O) groups is 2. The third-order valence-corrected chi connectivity index (χ3v) is 4.81. The molecule has 1 fully saturated rings. The van der Waals surface area contributed by atoms with Crippen LogP contribution in [0.25, 0.3) is 0 Å². The second-order valence-corrected chi connectivity index (χ2v) is 6.92. The van der Waals surface area contributed by atoms with Gasteiger partial charge in [-0.3, -0.25) is 14.6 Å². The van der Waals surface area contributed by atoms with Gasteiger partial charge < -0.3 is 10.8 Å². The summed E-state index contributed by atoms with van der Waals surface area (Å²) < 4.78 is 0. The zero-order valence-corrected chi connectivity index (χ0v) is 15.5. The molecule has 0 spiro atoms. The van der Waals surface area contributed by atoms with Crippen molar-refractivity contribution in [1.82, 2.24) is 5.01 Å². The van der Waals surface area contributed by atoms with Crippen molar-refractivity contribution in [3.8, 4) is 0 Å². The molecule has 26 heavy (non-hydrogen) atoms. The Kier molecular flexibility index (Phi) is 8.41. The number of hydrazine groups is 1. The molecule has 0 radical (unpaired) electrons. The lowest BCUT2D eigenvalue weighted by Crippen LogP contribution is -2.50. The Balaban J connectivity index is 1.64. The minimum Gasteiger partial charge on any atom is -0.481 e. The van der Waals surface area contributed by atoms with Gasteiger partial charge in [0.15, 0.2) is 0 Å². The molecule has 0 aliphatic carbocycles. The molecular formula is C20H31N3O3. The van der Waals surface area contributed by atoms with Gasteiger partial charge in [-0.15, -0.1) is 0 Å². The largest absolute Gasteiger partial charge is 0.481 e. The molecule has 1 aliphatic heterocycles. The highest BCUT2D eigenvalue weighted by molar-refractivity contribution is 5.82. The van der Waals surface area contributed by atoms with Crippen LogP contribution < -0.4 is 10.7 Å². The van der Waals surface area contributed by atoms with E-state index in [1.165, 1.54) is 0 Å². The number of amides is 1. The third kappa shape index (κ3) is 6.33. The van der Waals surface area contributed by atoms with E-state index in [4.69, 9.17) is 10.8 Å². The van der Waals surface area contributed by atoms with Crippen molar-refractivity contribution >= 4 is 17.6 Å². The van der Waals surface area contributed by atoms with Gasteiger partial charge in [-0.05, 0) is 31.4 Å². The van der Waals surface area contributed by atoms with Crippen LogP contribution in [0.4, 0.5) is 5.69 Å². The average molecular weight is 361 g/mol. The number of benzene rings is 1. The molecule has 0 saturated carbocycles. The van der Waals surface area contributed by atoms with Crippen molar-refractivity contribution in [3.63, 3.8) is 0 Å². The first-order valence-electron chi connectivity index (χ1n) is 9.71.